The van der Waals surface area contributed by atoms with E-state index >= 15 is 0 Å². The van der Waals surface area contributed by atoms with Gasteiger partial charge in [0, 0.05) is 19.0 Å². The molecular weight excluding hydrogens is 331 g/mol. The van der Waals surface area contributed by atoms with Crippen LogP contribution in [0.25, 0.3) is 0 Å². The molecule has 1 aliphatic carbocycles. The summed E-state index contributed by atoms with van der Waals surface area (Å²) >= 11 is 12.1. The summed E-state index contributed by atoms with van der Waals surface area (Å²) in [5.74, 6) is 2.33. The lowest BCUT2D eigenvalue weighted by molar-refractivity contribution is -0.132. The van der Waals surface area contributed by atoms with Crippen LogP contribution in [0.2, 0.25) is 10.0 Å². The highest BCUT2D eigenvalue weighted by atomic mass is 35.5. The summed E-state index contributed by atoms with van der Waals surface area (Å²) in [6.45, 7) is 4.10. The molecule has 124 valence electrons. The SMILES string of the molecule is O=C(C1CC1c1ccc(Cl)c(Cl)c1)N1CC[C@@H]2CNC[C@@H]2CC1. The number of nitrogens with one attached hydrogen (secondary N) is 1. The number of hydrogen-bond donors (Lipinski definition) is 1. The van der Waals surface area contributed by atoms with Crippen molar-refractivity contribution in [3.8, 4) is 0 Å². The van der Waals surface area contributed by atoms with E-state index in [-0.39, 0.29) is 5.92 Å². The van der Waals surface area contributed by atoms with Gasteiger partial charge in [-0.05, 0) is 67.8 Å². The van der Waals surface area contributed by atoms with E-state index in [9.17, 15) is 4.79 Å². The molecule has 3 fully saturated rings. The van der Waals surface area contributed by atoms with E-state index in [4.69, 9.17) is 23.2 Å². The zero-order valence-electron chi connectivity index (χ0n) is 13.1. The predicted octanol–water partition coefficient (Wildman–Crippen LogP) is 3.55. The second-order valence-corrected chi connectivity index (χ2v) is 8.02. The van der Waals surface area contributed by atoms with Crippen molar-refractivity contribution < 1.29 is 4.79 Å². The predicted molar refractivity (Wildman–Crippen MR) is 93.0 cm³/mol. The molecule has 2 heterocycles. The number of likely N-dealkylation sites (tertiary alicyclic amines) is 1. The third-order valence-electron chi connectivity index (χ3n) is 5.81. The molecule has 0 bridgehead atoms. The van der Waals surface area contributed by atoms with Gasteiger partial charge in [0.15, 0.2) is 0 Å². The normalized spacial score (nSPS) is 33.2. The van der Waals surface area contributed by atoms with Crippen LogP contribution in [0.15, 0.2) is 18.2 Å². The molecule has 5 heteroatoms. The number of fused-ring (bicyclic) bond motifs is 1. The van der Waals surface area contributed by atoms with Gasteiger partial charge in [0.2, 0.25) is 5.91 Å². The first-order valence-corrected chi connectivity index (χ1v) is 9.33. The lowest BCUT2D eigenvalue weighted by Gasteiger charge is -2.21. The van der Waals surface area contributed by atoms with E-state index < -0.39 is 0 Å². The summed E-state index contributed by atoms with van der Waals surface area (Å²) in [7, 11) is 0. The number of nitrogens with zero attached hydrogens (tertiary/aromatic N) is 1. The Morgan fingerprint density at radius 3 is 2.43 bits per heavy atom. The zero-order chi connectivity index (χ0) is 16.0. The summed E-state index contributed by atoms with van der Waals surface area (Å²) in [5.41, 5.74) is 1.15. The minimum absolute atomic E-state index is 0.142. The number of halogens is 2. The van der Waals surface area contributed by atoms with Crippen LogP contribution in [0.1, 0.15) is 30.7 Å². The molecule has 3 aliphatic rings. The third-order valence-corrected chi connectivity index (χ3v) is 6.55. The van der Waals surface area contributed by atoms with E-state index in [2.05, 4.69) is 10.2 Å². The third kappa shape index (κ3) is 3.11. The van der Waals surface area contributed by atoms with Gasteiger partial charge < -0.3 is 10.2 Å². The summed E-state index contributed by atoms with van der Waals surface area (Å²) in [4.78, 5) is 14.9. The van der Waals surface area contributed by atoms with Crippen molar-refractivity contribution in [3.63, 3.8) is 0 Å². The van der Waals surface area contributed by atoms with Gasteiger partial charge in [0.25, 0.3) is 0 Å². The van der Waals surface area contributed by atoms with Crippen LogP contribution < -0.4 is 5.32 Å². The van der Waals surface area contributed by atoms with E-state index in [1.807, 2.05) is 18.2 Å². The van der Waals surface area contributed by atoms with Gasteiger partial charge in [-0.15, -0.1) is 0 Å². The first kappa shape index (κ1) is 15.7. The van der Waals surface area contributed by atoms with Crippen LogP contribution in [-0.2, 0) is 4.79 Å². The summed E-state index contributed by atoms with van der Waals surface area (Å²) in [6.07, 6.45) is 3.24. The Balaban J connectivity index is 1.39. The molecule has 1 N–H and O–H groups in total. The molecule has 4 atom stereocenters. The first-order valence-electron chi connectivity index (χ1n) is 8.58. The lowest BCUT2D eigenvalue weighted by Crippen LogP contribution is -2.34. The van der Waals surface area contributed by atoms with Gasteiger partial charge in [-0.3, -0.25) is 4.79 Å². The van der Waals surface area contributed by atoms with Crippen molar-refractivity contribution in [1.82, 2.24) is 10.2 Å². The number of hydrogen-bond acceptors (Lipinski definition) is 2. The maximum atomic E-state index is 12.8. The molecule has 0 radical (unpaired) electrons. The molecule has 23 heavy (non-hydrogen) atoms. The van der Waals surface area contributed by atoms with E-state index in [0.29, 0.717) is 21.9 Å². The summed E-state index contributed by atoms with van der Waals surface area (Å²) < 4.78 is 0. The second kappa shape index (κ2) is 6.27. The van der Waals surface area contributed by atoms with Gasteiger partial charge in [0.1, 0.15) is 0 Å². The van der Waals surface area contributed by atoms with Crippen molar-refractivity contribution in [1.29, 1.82) is 0 Å². The lowest BCUT2D eigenvalue weighted by atomic mass is 9.92. The van der Waals surface area contributed by atoms with Crippen molar-refractivity contribution in [2.24, 2.45) is 17.8 Å². The monoisotopic (exact) mass is 352 g/mol. The molecule has 1 aromatic carbocycles. The maximum Gasteiger partial charge on any atom is 0.226 e. The quantitative estimate of drug-likeness (QED) is 0.882. The Labute approximate surface area is 147 Å². The largest absolute Gasteiger partial charge is 0.342 e. The van der Waals surface area contributed by atoms with Crippen LogP contribution in [0.4, 0.5) is 0 Å². The summed E-state index contributed by atoms with van der Waals surface area (Å²) in [6, 6.07) is 5.75. The van der Waals surface area contributed by atoms with Crippen molar-refractivity contribution in [3.05, 3.63) is 33.8 Å². The number of benzene rings is 1. The smallest absolute Gasteiger partial charge is 0.226 e. The fourth-order valence-electron chi connectivity index (χ4n) is 4.25. The van der Waals surface area contributed by atoms with E-state index in [1.165, 1.54) is 0 Å². The molecule has 2 saturated heterocycles. The first-order chi connectivity index (χ1) is 11.1. The molecule has 4 rings (SSSR count). The fraction of sp³-hybridized carbons (Fsp3) is 0.611. The maximum absolute atomic E-state index is 12.8. The Kier molecular flexibility index (Phi) is 4.29. The average molecular weight is 353 g/mol. The van der Waals surface area contributed by atoms with Gasteiger partial charge in [-0.2, -0.15) is 0 Å². The molecule has 0 spiro atoms. The zero-order valence-corrected chi connectivity index (χ0v) is 14.6. The van der Waals surface area contributed by atoms with Gasteiger partial charge in [0.05, 0.1) is 10.0 Å². The van der Waals surface area contributed by atoms with Gasteiger partial charge >= 0.3 is 0 Å². The van der Waals surface area contributed by atoms with E-state index in [0.717, 1.165) is 62.8 Å². The van der Waals surface area contributed by atoms with Crippen molar-refractivity contribution in [2.75, 3.05) is 26.2 Å². The summed E-state index contributed by atoms with van der Waals surface area (Å²) in [5, 5.41) is 4.64. The highest BCUT2D eigenvalue weighted by Crippen LogP contribution is 2.49. The van der Waals surface area contributed by atoms with E-state index in [1.54, 1.807) is 0 Å². The number of amides is 1. The molecule has 3 nitrogen and oxygen atoms in total. The molecule has 2 aliphatic heterocycles. The van der Waals surface area contributed by atoms with Crippen LogP contribution in [0.3, 0.4) is 0 Å². The molecule has 1 aromatic rings. The highest BCUT2D eigenvalue weighted by Gasteiger charge is 2.46. The topological polar surface area (TPSA) is 32.3 Å². The standard InChI is InChI=1S/C18H22Cl2N2O/c19-16-2-1-11(7-17(16)20)14-8-15(14)18(23)22-5-3-12-9-21-10-13(12)4-6-22/h1-2,7,12-15,21H,3-6,8-10H2/t12-,13+,14?,15?. The Bertz CT molecular complexity index is 607. The second-order valence-electron chi connectivity index (χ2n) is 7.20. The van der Waals surface area contributed by atoms with Crippen molar-refractivity contribution in [2.45, 2.75) is 25.2 Å². The minimum atomic E-state index is 0.142. The molecule has 2 unspecified atom stereocenters. The highest BCUT2D eigenvalue weighted by molar-refractivity contribution is 6.42. The number of rotatable bonds is 2. The van der Waals surface area contributed by atoms with Crippen LogP contribution in [-0.4, -0.2) is 37.0 Å². The fourth-order valence-corrected chi connectivity index (χ4v) is 4.56. The minimum Gasteiger partial charge on any atom is -0.342 e. The average Bonchev–Trinajstić information content (AvgIpc) is 3.27. The van der Waals surface area contributed by atoms with Crippen molar-refractivity contribution >= 4 is 29.1 Å². The van der Waals surface area contributed by atoms with Crippen LogP contribution >= 0.6 is 23.2 Å². The number of carbonyl (C=O) groups is 1. The Morgan fingerprint density at radius 1 is 1.09 bits per heavy atom. The Morgan fingerprint density at radius 2 is 1.78 bits per heavy atom. The van der Waals surface area contributed by atoms with Crippen LogP contribution in [0, 0.1) is 17.8 Å². The Hall–Kier alpha value is -0.770. The molecule has 1 saturated carbocycles. The van der Waals surface area contributed by atoms with Crippen LogP contribution in [0.5, 0.6) is 0 Å². The molecule has 0 aromatic heterocycles. The van der Waals surface area contributed by atoms with Gasteiger partial charge in [-0.25, -0.2) is 0 Å². The number of carbonyl (C=O) groups excluding carboxylic acids is 1. The molecular formula is C18H22Cl2N2O. The molecule has 1 amide bonds. The van der Waals surface area contributed by atoms with Gasteiger partial charge in [-0.1, -0.05) is 29.3 Å².